The first-order valence-corrected chi connectivity index (χ1v) is 6.23. The molecule has 0 radical (unpaired) electrons. The topological polar surface area (TPSA) is 68.2 Å². The molecule has 6 heteroatoms. The minimum Gasteiger partial charge on any atom is -0.370 e. The Morgan fingerprint density at radius 3 is 2.94 bits per heavy atom. The zero-order valence-electron chi connectivity index (χ0n) is 11.2. The Morgan fingerprint density at radius 2 is 2.33 bits per heavy atom. The highest BCUT2D eigenvalue weighted by molar-refractivity contribution is 14.0. The number of nitrogens with two attached hydrogens (primary N) is 1. The molecule has 0 aliphatic carbocycles. The van der Waals surface area contributed by atoms with Crippen molar-refractivity contribution in [3.63, 3.8) is 0 Å². The van der Waals surface area contributed by atoms with Crippen molar-refractivity contribution in [1.82, 2.24) is 15.1 Å². The zero-order valence-corrected chi connectivity index (χ0v) is 13.5. The van der Waals surface area contributed by atoms with Crippen molar-refractivity contribution in [1.29, 1.82) is 0 Å². The molecular formula is C12H24IN5. The number of aromatic nitrogens is 2. The SMILES string of the molecule is CCCCNC(N)=NCC(C)Cn1cccn1.I. The van der Waals surface area contributed by atoms with Gasteiger partial charge in [0.25, 0.3) is 0 Å². The number of hydrogen-bond acceptors (Lipinski definition) is 2. The van der Waals surface area contributed by atoms with Crippen molar-refractivity contribution in [2.45, 2.75) is 33.2 Å². The van der Waals surface area contributed by atoms with Crippen molar-refractivity contribution in [2.75, 3.05) is 13.1 Å². The molecule has 1 aromatic heterocycles. The van der Waals surface area contributed by atoms with Gasteiger partial charge in [0.05, 0.1) is 0 Å². The first-order valence-electron chi connectivity index (χ1n) is 6.23. The fraction of sp³-hybridized carbons (Fsp3) is 0.667. The summed E-state index contributed by atoms with van der Waals surface area (Å²) in [5, 5.41) is 7.27. The maximum atomic E-state index is 5.75. The maximum absolute atomic E-state index is 5.75. The van der Waals surface area contributed by atoms with Crippen LogP contribution in [0.2, 0.25) is 0 Å². The van der Waals surface area contributed by atoms with E-state index in [0.717, 1.165) is 32.5 Å². The highest BCUT2D eigenvalue weighted by Crippen LogP contribution is 1.99. The predicted molar refractivity (Wildman–Crippen MR) is 86.2 cm³/mol. The second-order valence-electron chi connectivity index (χ2n) is 4.34. The van der Waals surface area contributed by atoms with Gasteiger partial charge in [-0.25, -0.2) is 0 Å². The quantitative estimate of drug-likeness (QED) is 0.335. The molecule has 1 heterocycles. The van der Waals surface area contributed by atoms with E-state index in [9.17, 15) is 0 Å². The van der Waals surface area contributed by atoms with Gasteiger partial charge in [-0.2, -0.15) is 5.10 Å². The number of nitrogens with zero attached hydrogens (tertiary/aromatic N) is 3. The molecule has 1 aromatic rings. The van der Waals surface area contributed by atoms with Crippen LogP contribution in [0.1, 0.15) is 26.7 Å². The van der Waals surface area contributed by atoms with Crippen LogP contribution >= 0.6 is 24.0 Å². The van der Waals surface area contributed by atoms with E-state index in [1.807, 2.05) is 16.9 Å². The van der Waals surface area contributed by atoms with Crippen LogP contribution in [-0.4, -0.2) is 28.8 Å². The lowest BCUT2D eigenvalue weighted by Gasteiger charge is -2.10. The van der Waals surface area contributed by atoms with E-state index >= 15 is 0 Å². The molecule has 104 valence electrons. The van der Waals surface area contributed by atoms with Crippen molar-refractivity contribution in [2.24, 2.45) is 16.6 Å². The Kier molecular flexibility index (Phi) is 9.72. The average molecular weight is 365 g/mol. The molecule has 1 atom stereocenters. The number of rotatable bonds is 7. The second-order valence-corrected chi connectivity index (χ2v) is 4.34. The molecule has 0 saturated heterocycles. The normalized spacial score (nSPS) is 12.9. The van der Waals surface area contributed by atoms with Gasteiger partial charge in [-0.05, 0) is 18.4 Å². The molecule has 0 aliphatic rings. The summed E-state index contributed by atoms with van der Waals surface area (Å²) in [5.74, 6) is 0.979. The molecule has 0 spiro atoms. The van der Waals surface area contributed by atoms with Crippen molar-refractivity contribution in [3.8, 4) is 0 Å². The maximum Gasteiger partial charge on any atom is 0.188 e. The van der Waals surface area contributed by atoms with Gasteiger partial charge in [0, 0.05) is 32.0 Å². The molecule has 5 nitrogen and oxygen atoms in total. The highest BCUT2D eigenvalue weighted by atomic mass is 127. The summed E-state index contributed by atoms with van der Waals surface area (Å²) in [5.41, 5.74) is 5.75. The fourth-order valence-electron chi connectivity index (χ4n) is 1.49. The van der Waals surface area contributed by atoms with E-state index in [1.54, 1.807) is 6.20 Å². The number of halogens is 1. The molecular weight excluding hydrogens is 341 g/mol. The number of unbranched alkanes of at least 4 members (excludes halogenated alkanes) is 1. The Labute approximate surface area is 126 Å². The second kappa shape index (κ2) is 10.2. The molecule has 0 saturated carbocycles. The first-order chi connectivity index (χ1) is 8.22. The van der Waals surface area contributed by atoms with Crippen LogP contribution in [0.25, 0.3) is 0 Å². The van der Waals surface area contributed by atoms with Gasteiger partial charge in [0.2, 0.25) is 0 Å². The van der Waals surface area contributed by atoms with Crippen LogP contribution in [0.4, 0.5) is 0 Å². The molecule has 18 heavy (non-hydrogen) atoms. The van der Waals surface area contributed by atoms with Gasteiger partial charge in [-0.15, -0.1) is 24.0 Å². The van der Waals surface area contributed by atoms with E-state index in [4.69, 9.17) is 5.73 Å². The summed E-state index contributed by atoms with van der Waals surface area (Å²) >= 11 is 0. The predicted octanol–water partition coefficient (Wildman–Crippen LogP) is 1.84. The van der Waals surface area contributed by atoms with Crippen LogP contribution in [0.3, 0.4) is 0 Å². The van der Waals surface area contributed by atoms with Crippen LogP contribution in [0.15, 0.2) is 23.5 Å². The highest BCUT2D eigenvalue weighted by Gasteiger charge is 2.02. The number of guanidine groups is 1. The lowest BCUT2D eigenvalue weighted by molar-refractivity contribution is 0.458. The average Bonchev–Trinajstić information content (AvgIpc) is 2.79. The largest absolute Gasteiger partial charge is 0.370 e. The first kappa shape index (κ1) is 17.2. The minimum atomic E-state index is 0. The van der Waals surface area contributed by atoms with E-state index in [0.29, 0.717) is 11.9 Å². The number of hydrogen-bond donors (Lipinski definition) is 2. The summed E-state index contributed by atoms with van der Waals surface area (Å²) < 4.78 is 1.92. The van der Waals surface area contributed by atoms with Gasteiger partial charge in [-0.1, -0.05) is 20.3 Å². The van der Waals surface area contributed by atoms with Crippen molar-refractivity contribution in [3.05, 3.63) is 18.5 Å². The molecule has 1 rings (SSSR count). The standard InChI is InChI=1S/C12H23N5.HI/c1-3-4-6-14-12(13)15-9-11(2)10-17-8-5-7-16-17;/h5,7-8,11H,3-4,6,9-10H2,1-2H3,(H3,13,14,15);1H. The monoisotopic (exact) mass is 365 g/mol. The van der Waals surface area contributed by atoms with Gasteiger partial charge >= 0.3 is 0 Å². The Bertz CT molecular complexity index is 323. The van der Waals surface area contributed by atoms with Crippen molar-refractivity contribution >= 4 is 29.9 Å². The van der Waals surface area contributed by atoms with Gasteiger partial charge in [0.15, 0.2) is 5.96 Å². The Morgan fingerprint density at radius 1 is 1.56 bits per heavy atom. The fourth-order valence-corrected chi connectivity index (χ4v) is 1.49. The Hall–Kier alpha value is -0.790. The summed E-state index contributed by atoms with van der Waals surface area (Å²) in [4.78, 5) is 4.32. The molecule has 3 N–H and O–H groups in total. The van der Waals surface area contributed by atoms with Crippen LogP contribution in [0, 0.1) is 5.92 Å². The molecule has 0 fully saturated rings. The zero-order chi connectivity index (χ0) is 12.5. The van der Waals surface area contributed by atoms with Gasteiger partial charge in [-0.3, -0.25) is 9.67 Å². The third-order valence-electron chi connectivity index (χ3n) is 2.47. The molecule has 0 aromatic carbocycles. The molecule has 0 amide bonds. The van der Waals surface area contributed by atoms with E-state index < -0.39 is 0 Å². The van der Waals surface area contributed by atoms with E-state index in [1.165, 1.54) is 0 Å². The van der Waals surface area contributed by atoms with E-state index in [2.05, 4.69) is 29.3 Å². The minimum absolute atomic E-state index is 0. The lowest BCUT2D eigenvalue weighted by Crippen LogP contribution is -2.33. The van der Waals surface area contributed by atoms with Gasteiger partial charge < -0.3 is 11.1 Å². The van der Waals surface area contributed by atoms with Crippen LogP contribution < -0.4 is 11.1 Å². The summed E-state index contributed by atoms with van der Waals surface area (Å²) in [6.45, 7) is 6.80. The van der Waals surface area contributed by atoms with E-state index in [-0.39, 0.29) is 24.0 Å². The molecule has 1 unspecified atom stereocenters. The van der Waals surface area contributed by atoms with Gasteiger partial charge in [0.1, 0.15) is 0 Å². The number of aliphatic imine (C=N–C) groups is 1. The molecule has 0 aliphatic heterocycles. The number of nitrogens with one attached hydrogen (secondary N) is 1. The van der Waals surface area contributed by atoms with Crippen molar-refractivity contribution < 1.29 is 0 Å². The summed E-state index contributed by atoms with van der Waals surface area (Å²) in [6, 6.07) is 1.93. The van der Waals surface area contributed by atoms with Crippen LogP contribution in [-0.2, 0) is 6.54 Å². The third-order valence-corrected chi connectivity index (χ3v) is 2.47. The Balaban J connectivity index is 0.00000289. The smallest absolute Gasteiger partial charge is 0.188 e. The lowest BCUT2D eigenvalue weighted by atomic mass is 10.2. The summed E-state index contributed by atoms with van der Waals surface area (Å²) in [6.07, 6.45) is 6.04. The summed E-state index contributed by atoms with van der Waals surface area (Å²) in [7, 11) is 0. The van der Waals surface area contributed by atoms with Crippen LogP contribution in [0.5, 0.6) is 0 Å². The third kappa shape index (κ3) is 7.52. The molecule has 0 bridgehead atoms.